The van der Waals surface area contributed by atoms with Crippen LogP contribution in [-0.2, 0) is 23.6 Å². The Bertz CT molecular complexity index is 1150. The minimum Gasteiger partial charge on any atom is -0.392 e. The van der Waals surface area contributed by atoms with E-state index in [-0.39, 0.29) is 12.5 Å². The predicted octanol–water partition coefficient (Wildman–Crippen LogP) is 4.94. The third-order valence-electron chi connectivity index (χ3n) is 6.82. The van der Waals surface area contributed by atoms with Crippen LogP contribution in [0.15, 0.2) is 54.6 Å². The van der Waals surface area contributed by atoms with Crippen LogP contribution in [0.4, 0.5) is 8.78 Å². The Morgan fingerprint density at radius 2 is 1.90 bits per heavy atom. The number of ether oxygens (including phenoxy) is 1. The maximum absolute atomic E-state index is 14.2. The van der Waals surface area contributed by atoms with E-state index < -0.39 is 17.2 Å². The highest BCUT2D eigenvalue weighted by Gasteiger charge is 2.49. The van der Waals surface area contributed by atoms with E-state index in [0.717, 1.165) is 45.5 Å². The van der Waals surface area contributed by atoms with Gasteiger partial charge in [0.25, 0.3) is 0 Å². The summed E-state index contributed by atoms with van der Waals surface area (Å²) < 4.78 is 34.3. The second-order valence-electron chi connectivity index (χ2n) is 8.49. The van der Waals surface area contributed by atoms with Crippen LogP contribution >= 0.6 is 0 Å². The Morgan fingerprint density at radius 1 is 1.10 bits per heavy atom. The first-order valence-corrected chi connectivity index (χ1v) is 10.7. The molecular weight excluding hydrogens is 396 g/mol. The summed E-state index contributed by atoms with van der Waals surface area (Å²) in [4.78, 5) is 0. The monoisotopic (exact) mass is 421 g/mol. The molecule has 0 aromatic heterocycles. The van der Waals surface area contributed by atoms with Gasteiger partial charge in [-0.25, -0.2) is 8.78 Å². The molecule has 0 aliphatic carbocycles. The minimum atomic E-state index is -0.826. The number of fused-ring (bicyclic) bond motifs is 2. The van der Waals surface area contributed by atoms with Crippen molar-refractivity contribution in [3.8, 4) is 11.1 Å². The van der Waals surface area contributed by atoms with E-state index in [0.29, 0.717) is 19.6 Å². The van der Waals surface area contributed by atoms with Crippen molar-refractivity contribution in [2.24, 2.45) is 0 Å². The van der Waals surface area contributed by atoms with E-state index in [9.17, 15) is 13.9 Å². The highest BCUT2D eigenvalue weighted by Crippen LogP contribution is 2.51. The fourth-order valence-corrected chi connectivity index (χ4v) is 5.28. The van der Waals surface area contributed by atoms with Crippen LogP contribution in [0.2, 0.25) is 0 Å². The summed E-state index contributed by atoms with van der Waals surface area (Å²) in [5, 5.41) is 13.2. The van der Waals surface area contributed by atoms with E-state index in [2.05, 4.69) is 30.4 Å². The highest BCUT2D eigenvalue weighted by atomic mass is 19.2. The number of rotatable bonds is 3. The van der Waals surface area contributed by atoms with Gasteiger partial charge in [-0.2, -0.15) is 0 Å². The zero-order valence-corrected chi connectivity index (χ0v) is 17.4. The van der Waals surface area contributed by atoms with Gasteiger partial charge >= 0.3 is 0 Å². The topological polar surface area (TPSA) is 41.5 Å². The summed E-state index contributed by atoms with van der Waals surface area (Å²) in [5.74, 6) is -1.67. The van der Waals surface area contributed by atoms with Crippen LogP contribution in [0.25, 0.3) is 11.1 Å². The van der Waals surface area contributed by atoms with Crippen LogP contribution in [0, 0.1) is 18.6 Å². The molecule has 1 fully saturated rings. The van der Waals surface area contributed by atoms with E-state index in [1.165, 1.54) is 12.1 Å². The largest absolute Gasteiger partial charge is 0.392 e. The molecule has 31 heavy (non-hydrogen) atoms. The van der Waals surface area contributed by atoms with Gasteiger partial charge in [0.05, 0.1) is 13.2 Å². The molecule has 5 heteroatoms. The fraction of sp³-hybridized carbons (Fsp3) is 0.308. The number of aliphatic hydroxyl groups is 1. The molecular formula is C26H25F2NO2. The van der Waals surface area contributed by atoms with Crippen molar-refractivity contribution < 1.29 is 18.6 Å². The SMILES string of the molecule is Cc1cc(-c2ccccc2CO)ccc1C1CNCC[C@@]12OCc1cc(F)c(F)cc12. The molecule has 2 atom stereocenters. The van der Waals surface area contributed by atoms with Gasteiger partial charge in [0, 0.05) is 12.5 Å². The van der Waals surface area contributed by atoms with Crippen molar-refractivity contribution in [1.82, 2.24) is 5.32 Å². The molecule has 2 aliphatic heterocycles. The molecule has 0 amide bonds. The lowest BCUT2D eigenvalue weighted by Crippen LogP contribution is -2.46. The number of hydrogen-bond acceptors (Lipinski definition) is 3. The van der Waals surface area contributed by atoms with Crippen LogP contribution in [-0.4, -0.2) is 18.2 Å². The van der Waals surface area contributed by atoms with Gasteiger partial charge in [-0.1, -0.05) is 42.5 Å². The molecule has 3 nitrogen and oxygen atoms in total. The molecule has 2 heterocycles. The average molecular weight is 421 g/mol. The van der Waals surface area contributed by atoms with Gasteiger partial charge in [0.1, 0.15) is 5.60 Å². The molecule has 2 N–H and O–H groups in total. The Labute approximate surface area is 180 Å². The molecule has 3 aromatic carbocycles. The maximum Gasteiger partial charge on any atom is 0.159 e. The van der Waals surface area contributed by atoms with Crippen molar-refractivity contribution in [2.45, 2.75) is 38.1 Å². The number of hydrogen-bond donors (Lipinski definition) is 2. The molecule has 3 aromatic rings. The molecule has 5 rings (SSSR count). The summed E-state index contributed by atoms with van der Waals surface area (Å²) in [7, 11) is 0. The van der Waals surface area contributed by atoms with E-state index >= 15 is 0 Å². The summed E-state index contributed by atoms with van der Waals surface area (Å²) in [5.41, 5.74) is 6.03. The number of aryl methyl sites for hydroxylation is 1. The summed E-state index contributed by atoms with van der Waals surface area (Å²) in [6.45, 7) is 3.81. The Morgan fingerprint density at radius 3 is 2.71 bits per heavy atom. The predicted molar refractivity (Wildman–Crippen MR) is 116 cm³/mol. The first kappa shape index (κ1) is 20.3. The van der Waals surface area contributed by atoms with Gasteiger partial charge in [-0.3, -0.25) is 0 Å². The Hall–Kier alpha value is -2.60. The summed E-state index contributed by atoms with van der Waals surface area (Å²) in [6, 6.07) is 16.7. The van der Waals surface area contributed by atoms with Gasteiger partial charge in [-0.05, 0) is 71.0 Å². The van der Waals surface area contributed by atoms with Crippen molar-refractivity contribution in [3.05, 3.63) is 94.0 Å². The molecule has 0 saturated carbocycles. The molecule has 1 spiro atoms. The number of piperidine rings is 1. The fourth-order valence-electron chi connectivity index (χ4n) is 5.28. The quantitative estimate of drug-likeness (QED) is 0.630. The lowest BCUT2D eigenvalue weighted by Gasteiger charge is -2.42. The summed E-state index contributed by atoms with van der Waals surface area (Å²) >= 11 is 0. The van der Waals surface area contributed by atoms with Gasteiger partial charge in [0.2, 0.25) is 0 Å². The number of aliphatic hydroxyl groups excluding tert-OH is 1. The molecule has 1 saturated heterocycles. The smallest absolute Gasteiger partial charge is 0.159 e. The molecule has 2 aliphatic rings. The lowest BCUT2D eigenvalue weighted by molar-refractivity contribution is -0.0750. The molecule has 160 valence electrons. The van der Waals surface area contributed by atoms with E-state index in [4.69, 9.17) is 4.74 Å². The van der Waals surface area contributed by atoms with Crippen molar-refractivity contribution >= 4 is 0 Å². The average Bonchev–Trinajstić information content (AvgIpc) is 3.12. The first-order chi connectivity index (χ1) is 15.0. The third-order valence-corrected chi connectivity index (χ3v) is 6.82. The molecule has 1 unspecified atom stereocenters. The van der Waals surface area contributed by atoms with Crippen LogP contribution in [0.1, 0.15) is 40.2 Å². The number of benzene rings is 3. The van der Waals surface area contributed by atoms with Crippen LogP contribution in [0.5, 0.6) is 0 Å². The Kier molecular flexibility index (Phi) is 5.13. The third kappa shape index (κ3) is 3.28. The Balaban J connectivity index is 1.58. The first-order valence-electron chi connectivity index (χ1n) is 10.7. The standard InChI is InChI=1S/C26H25F2NO2/c1-16-10-17(21-5-3-2-4-18(21)14-30)6-7-20(16)23-13-29-9-8-26(23)22-12-25(28)24(27)11-19(22)15-31-26/h2-7,10-12,23,29-30H,8-9,13-15H2,1H3/t23?,26-/m0/s1. The normalized spacial score (nSPS) is 22.6. The lowest BCUT2D eigenvalue weighted by atomic mass is 9.72. The van der Waals surface area contributed by atoms with Crippen molar-refractivity contribution in [3.63, 3.8) is 0 Å². The molecule has 0 radical (unpaired) electrons. The van der Waals surface area contributed by atoms with Crippen molar-refractivity contribution in [1.29, 1.82) is 0 Å². The zero-order valence-electron chi connectivity index (χ0n) is 17.4. The zero-order chi connectivity index (χ0) is 21.6. The minimum absolute atomic E-state index is 0.0145. The van der Waals surface area contributed by atoms with Gasteiger partial charge in [-0.15, -0.1) is 0 Å². The van der Waals surface area contributed by atoms with E-state index in [1.54, 1.807) is 0 Å². The highest BCUT2D eigenvalue weighted by molar-refractivity contribution is 5.68. The number of nitrogens with one attached hydrogen (secondary N) is 1. The van der Waals surface area contributed by atoms with Gasteiger partial charge < -0.3 is 15.2 Å². The van der Waals surface area contributed by atoms with Crippen LogP contribution in [0.3, 0.4) is 0 Å². The second-order valence-corrected chi connectivity index (χ2v) is 8.49. The summed E-state index contributed by atoms with van der Waals surface area (Å²) in [6.07, 6.45) is 0.699. The number of halogens is 2. The van der Waals surface area contributed by atoms with Crippen LogP contribution < -0.4 is 5.32 Å². The second kappa shape index (κ2) is 7.83. The van der Waals surface area contributed by atoms with Crippen molar-refractivity contribution in [2.75, 3.05) is 13.1 Å². The molecule has 0 bridgehead atoms. The van der Waals surface area contributed by atoms with E-state index in [1.807, 2.05) is 24.3 Å². The maximum atomic E-state index is 14.2. The van der Waals surface area contributed by atoms with Gasteiger partial charge in [0.15, 0.2) is 11.6 Å².